The van der Waals surface area contributed by atoms with E-state index in [0.717, 1.165) is 25.9 Å². The number of nitrogens with one attached hydrogen (secondary N) is 1. The number of carbonyl (C=O) groups is 3. The van der Waals surface area contributed by atoms with Crippen molar-refractivity contribution in [3.8, 4) is 0 Å². The Kier molecular flexibility index (Phi) is 5.31. The van der Waals surface area contributed by atoms with Crippen LogP contribution in [-0.4, -0.2) is 35.6 Å². The van der Waals surface area contributed by atoms with E-state index in [1.807, 2.05) is 0 Å². The van der Waals surface area contributed by atoms with Crippen molar-refractivity contribution in [2.75, 3.05) is 18.4 Å². The van der Waals surface area contributed by atoms with Crippen LogP contribution in [0, 0.1) is 5.92 Å². The number of carbonyl (C=O) groups excluding carboxylic acids is 3. The monoisotopic (exact) mass is 302 g/mol. The lowest BCUT2D eigenvalue weighted by atomic mass is 10.00. The molecule has 1 aromatic carbocycles. The molecular weight excluding hydrogens is 280 g/mol. The molecule has 2 rings (SSSR count). The molecule has 22 heavy (non-hydrogen) atoms. The van der Waals surface area contributed by atoms with Crippen molar-refractivity contribution in [3.63, 3.8) is 0 Å². The van der Waals surface area contributed by atoms with E-state index < -0.39 is 0 Å². The molecule has 0 spiro atoms. The zero-order valence-electron chi connectivity index (χ0n) is 13.1. The molecule has 0 aromatic heterocycles. The van der Waals surface area contributed by atoms with E-state index >= 15 is 0 Å². The van der Waals surface area contributed by atoms with Gasteiger partial charge in [-0.15, -0.1) is 0 Å². The van der Waals surface area contributed by atoms with Gasteiger partial charge >= 0.3 is 0 Å². The Hall–Kier alpha value is -2.17. The Balaban J connectivity index is 1.86. The van der Waals surface area contributed by atoms with E-state index in [1.54, 1.807) is 29.2 Å². The van der Waals surface area contributed by atoms with Crippen LogP contribution in [0.5, 0.6) is 0 Å². The third-order valence-corrected chi connectivity index (χ3v) is 3.90. The summed E-state index contributed by atoms with van der Waals surface area (Å²) >= 11 is 0. The number of Topliss-reactive ketones (excluding diaryl/α,β-unsaturated/α-hetero) is 1. The molecule has 0 bridgehead atoms. The highest BCUT2D eigenvalue weighted by Crippen LogP contribution is 2.16. The first-order chi connectivity index (χ1) is 10.5. The van der Waals surface area contributed by atoms with Crippen molar-refractivity contribution < 1.29 is 14.4 Å². The van der Waals surface area contributed by atoms with Crippen LogP contribution in [0.15, 0.2) is 24.3 Å². The first-order valence-corrected chi connectivity index (χ1v) is 7.64. The number of benzene rings is 1. The van der Waals surface area contributed by atoms with Gasteiger partial charge in [0.1, 0.15) is 6.42 Å². The third-order valence-electron chi connectivity index (χ3n) is 3.90. The second kappa shape index (κ2) is 7.20. The van der Waals surface area contributed by atoms with Crippen LogP contribution in [-0.2, 0) is 9.59 Å². The van der Waals surface area contributed by atoms with Gasteiger partial charge in [-0.25, -0.2) is 0 Å². The number of hydrogen-bond donors (Lipinski definition) is 1. The quantitative estimate of drug-likeness (QED) is 0.686. The van der Waals surface area contributed by atoms with Crippen molar-refractivity contribution in [2.45, 2.75) is 33.1 Å². The molecular formula is C17H22N2O3. The number of anilines is 1. The van der Waals surface area contributed by atoms with E-state index in [9.17, 15) is 14.4 Å². The van der Waals surface area contributed by atoms with Crippen molar-refractivity contribution in [3.05, 3.63) is 29.8 Å². The van der Waals surface area contributed by atoms with E-state index in [4.69, 9.17) is 0 Å². The van der Waals surface area contributed by atoms with Crippen molar-refractivity contribution in [1.82, 2.24) is 4.90 Å². The second-order valence-electron chi connectivity index (χ2n) is 5.95. The maximum absolute atomic E-state index is 12.1. The zero-order valence-corrected chi connectivity index (χ0v) is 13.1. The van der Waals surface area contributed by atoms with Gasteiger partial charge in [-0.05, 0) is 49.9 Å². The highest BCUT2D eigenvalue weighted by molar-refractivity contribution is 6.03. The van der Waals surface area contributed by atoms with E-state index in [0.29, 0.717) is 17.2 Å². The van der Waals surface area contributed by atoms with Gasteiger partial charge in [-0.2, -0.15) is 0 Å². The van der Waals surface area contributed by atoms with Crippen LogP contribution >= 0.6 is 0 Å². The molecule has 0 aliphatic carbocycles. The minimum Gasteiger partial charge on any atom is -0.342 e. The molecule has 1 saturated heterocycles. The lowest BCUT2D eigenvalue weighted by molar-refractivity contribution is -0.136. The van der Waals surface area contributed by atoms with Gasteiger partial charge in [0.05, 0.1) is 0 Å². The second-order valence-corrected chi connectivity index (χ2v) is 5.95. The van der Waals surface area contributed by atoms with E-state index in [-0.39, 0.29) is 24.0 Å². The molecule has 1 aromatic rings. The summed E-state index contributed by atoms with van der Waals surface area (Å²) in [5, 5.41) is 2.69. The van der Waals surface area contributed by atoms with Crippen LogP contribution in [0.4, 0.5) is 5.69 Å². The molecule has 1 aliphatic heterocycles. The van der Waals surface area contributed by atoms with Crippen molar-refractivity contribution in [2.24, 2.45) is 5.92 Å². The largest absolute Gasteiger partial charge is 0.342 e. The highest BCUT2D eigenvalue weighted by Gasteiger charge is 2.22. The highest BCUT2D eigenvalue weighted by atomic mass is 16.2. The Morgan fingerprint density at radius 3 is 2.50 bits per heavy atom. The summed E-state index contributed by atoms with van der Waals surface area (Å²) in [4.78, 5) is 37.0. The summed E-state index contributed by atoms with van der Waals surface area (Å²) in [5.74, 6) is 0.0374. The predicted octanol–water partition coefficient (Wildman–Crippen LogP) is 2.48. The fourth-order valence-electron chi connectivity index (χ4n) is 2.66. The SMILES string of the molecule is CC(=O)c1ccc(NC(=O)CC(=O)N2CCCC(C)C2)cc1. The molecule has 1 fully saturated rings. The van der Waals surface area contributed by atoms with Crippen molar-refractivity contribution in [1.29, 1.82) is 0 Å². The summed E-state index contributed by atoms with van der Waals surface area (Å²) < 4.78 is 0. The predicted molar refractivity (Wildman–Crippen MR) is 84.7 cm³/mol. The maximum Gasteiger partial charge on any atom is 0.233 e. The fraction of sp³-hybridized carbons (Fsp3) is 0.471. The lowest BCUT2D eigenvalue weighted by Crippen LogP contribution is -2.40. The third kappa shape index (κ3) is 4.41. The topological polar surface area (TPSA) is 66.5 Å². The minimum atomic E-state index is -0.321. The molecule has 5 nitrogen and oxygen atoms in total. The normalized spacial score (nSPS) is 17.9. The molecule has 1 unspecified atom stereocenters. The molecule has 1 heterocycles. The number of rotatable bonds is 4. The first kappa shape index (κ1) is 16.2. The number of amides is 2. The van der Waals surface area contributed by atoms with Crippen LogP contribution in [0.3, 0.4) is 0 Å². The number of nitrogens with zero attached hydrogens (tertiary/aromatic N) is 1. The summed E-state index contributed by atoms with van der Waals surface area (Å²) in [5.41, 5.74) is 1.19. The lowest BCUT2D eigenvalue weighted by Gasteiger charge is -2.30. The summed E-state index contributed by atoms with van der Waals surface area (Å²) in [7, 11) is 0. The van der Waals surface area contributed by atoms with E-state index in [2.05, 4.69) is 12.2 Å². The van der Waals surface area contributed by atoms with Gasteiger partial charge in [0, 0.05) is 24.3 Å². The Morgan fingerprint density at radius 1 is 1.23 bits per heavy atom. The smallest absolute Gasteiger partial charge is 0.233 e. The Morgan fingerprint density at radius 2 is 1.91 bits per heavy atom. The van der Waals surface area contributed by atoms with Gasteiger partial charge in [0.25, 0.3) is 0 Å². The summed E-state index contributed by atoms with van der Waals surface area (Å²) in [6, 6.07) is 6.66. The number of piperidine rings is 1. The Bertz CT molecular complexity index is 566. The maximum atomic E-state index is 12.1. The zero-order chi connectivity index (χ0) is 16.1. The Labute approximate surface area is 130 Å². The molecule has 118 valence electrons. The molecule has 1 aliphatic rings. The molecule has 1 atom stereocenters. The summed E-state index contributed by atoms with van der Waals surface area (Å²) in [6.07, 6.45) is 2.00. The van der Waals surface area contributed by atoms with Crippen molar-refractivity contribution >= 4 is 23.3 Å². The first-order valence-electron chi connectivity index (χ1n) is 7.64. The molecule has 0 saturated carbocycles. The minimum absolute atomic E-state index is 0.0210. The van der Waals surface area contributed by atoms with E-state index in [1.165, 1.54) is 6.92 Å². The number of hydrogen-bond acceptors (Lipinski definition) is 3. The van der Waals surface area contributed by atoms with Gasteiger partial charge in [0.15, 0.2) is 5.78 Å². The van der Waals surface area contributed by atoms with Crippen LogP contribution in [0.25, 0.3) is 0 Å². The number of ketones is 1. The van der Waals surface area contributed by atoms with Crippen LogP contribution < -0.4 is 5.32 Å². The van der Waals surface area contributed by atoms with Gasteiger partial charge in [-0.1, -0.05) is 6.92 Å². The average molecular weight is 302 g/mol. The van der Waals surface area contributed by atoms with Crippen LogP contribution in [0.2, 0.25) is 0 Å². The van der Waals surface area contributed by atoms with Crippen LogP contribution in [0.1, 0.15) is 43.5 Å². The fourth-order valence-corrected chi connectivity index (χ4v) is 2.66. The standard InChI is InChI=1S/C17H22N2O3/c1-12-4-3-9-19(11-12)17(22)10-16(21)18-15-7-5-14(6-8-15)13(2)20/h5-8,12H,3-4,9-11H2,1-2H3,(H,18,21). The molecule has 2 amide bonds. The van der Waals surface area contributed by atoms with Gasteiger partial charge in [0.2, 0.25) is 11.8 Å². The molecule has 0 radical (unpaired) electrons. The molecule has 1 N–H and O–H groups in total. The van der Waals surface area contributed by atoms with Gasteiger partial charge < -0.3 is 10.2 Å². The summed E-state index contributed by atoms with van der Waals surface area (Å²) in [6.45, 7) is 5.09. The van der Waals surface area contributed by atoms with Gasteiger partial charge in [-0.3, -0.25) is 14.4 Å². The molecule has 5 heteroatoms. The number of likely N-dealkylation sites (tertiary alicyclic amines) is 1. The average Bonchev–Trinajstić information content (AvgIpc) is 2.47.